The number of nitrogens with zero attached hydrogens (tertiary/aromatic N) is 2. The number of hydrogen-bond acceptors (Lipinski definition) is 3. The van der Waals surface area contributed by atoms with E-state index in [0.717, 1.165) is 5.56 Å². The zero-order valence-corrected chi connectivity index (χ0v) is 15.4. The number of benzene rings is 2. The lowest BCUT2D eigenvalue weighted by Gasteiger charge is -2.36. The zero-order valence-electron chi connectivity index (χ0n) is 14.6. The summed E-state index contributed by atoms with van der Waals surface area (Å²) >= 11 is 0. The van der Waals surface area contributed by atoms with Gasteiger partial charge in [-0.2, -0.15) is 0 Å². The molecule has 3 rings (SSSR count). The Morgan fingerprint density at radius 3 is 1.92 bits per heavy atom. The molecule has 1 fully saturated rings. The van der Waals surface area contributed by atoms with E-state index in [1.165, 1.54) is 0 Å². The van der Waals surface area contributed by atoms with Crippen molar-refractivity contribution in [3.8, 4) is 0 Å². The number of piperazine rings is 1. The lowest BCUT2D eigenvalue weighted by atomic mass is 10.1. The minimum atomic E-state index is -0.543. The van der Waals surface area contributed by atoms with Gasteiger partial charge < -0.3 is 15.5 Å². The fraction of sp³-hybridized carbons (Fsp3) is 0.300. The highest BCUT2D eigenvalue weighted by Gasteiger charge is 2.27. The third kappa shape index (κ3) is 4.84. The standard InChI is InChI=1S/C20H23N3O2.ClH/c21-18(15-16-7-3-1-4-8-16)20(25)23-13-11-22(12-14-23)19(24)17-9-5-2-6-10-17;/h1-10,18H,11-15,21H2;1H/t18-;/m0./s1. The first-order chi connectivity index (χ1) is 12.1. The van der Waals surface area contributed by atoms with Gasteiger partial charge in [0, 0.05) is 31.7 Å². The summed E-state index contributed by atoms with van der Waals surface area (Å²) < 4.78 is 0. The average molecular weight is 374 g/mol. The Balaban J connectivity index is 0.00000243. The molecule has 5 nitrogen and oxygen atoms in total. The first-order valence-electron chi connectivity index (χ1n) is 8.58. The van der Waals surface area contributed by atoms with Gasteiger partial charge in [0.2, 0.25) is 5.91 Å². The van der Waals surface area contributed by atoms with E-state index < -0.39 is 6.04 Å². The van der Waals surface area contributed by atoms with E-state index in [4.69, 9.17) is 5.73 Å². The molecule has 0 spiro atoms. The molecule has 0 bridgehead atoms. The highest BCUT2D eigenvalue weighted by Crippen LogP contribution is 2.11. The number of halogens is 1. The van der Waals surface area contributed by atoms with Crippen LogP contribution in [0.5, 0.6) is 0 Å². The molecule has 138 valence electrons. The molecule has 2 aromatic carbocycles. The summed E-state index contributed by atoms with van der Waals surface area (Å²) in [6.45, 7) is 2.13. The summed E-state index contributed by atoms with van der Waals surface area (Å²) in [6, 6.07) is 18.5. The van der Waals surface area contributed by atoms with Gasteiger partial charge in [-0.1, -0.05) is 48.5 Å². The molecular formula is C20H24ClN3O2. The van der Waals surface area contributed by atoms with Crippen molar-refractivity contribution < 1.29 is 9.59 Å². The Bertz CT molecular complexity index is 716. The topological polar surface area (TPSA) is 66.6 Å². The van der Waals surface area contributed by atoms with Crippen LogP contribution in [0.3, 0.4) is 0 Å². The lowest BCUT2D eigenvalue weighted by molar-refractivity contribution is -0.134. The molecule has 2 amide bonds. The van der Waals surface area contributed by atoms with Crippen LogP contribution in [0.15, 0.2) is 60.7 Å². The van der Waals surface area contributed by atoms with Gasteiger partial charge in [0.15, 0.2) is 0 Å². The van der Waals surface area contributed by atoms with E-state index in [9.17, 15) is 9.59 Å². The summed E-state index contributed by atoms with van der Waals surface area (Å²) in [5, 5.41) is 0. The highest BCUT2D eigenvalue weighted by molar-refractivity contribution is 5.94. The van der Waals surface area contributed by atoms with Crippen LogP contribution in [0.2, 0.25) is 0 Å². The summed E-state index contributed by atoms with van der Waals surface area (Å²) in [5.41, 5.74) is 7.83. The minimum absolute atomic E-state index is 0. The Morgan fingerprint density at radius 2 is 1.35 bits per heavy atom. The van der Waals surface area contributed by atoms with Crippen molar-refractivity contribution in [2.45, 2.75) is 12.5 Å². The molecule has 2 aromatic rings. The van der Waals surface area contributed by atoms with Gasteiger partial charge >= 0.3 is 0 Å². The monoisotopic (exact) mass is 373 g/mol. The second-order valence-electron chi connectivity index (χ2n) is 6.28. The third-order valence-corrected chi connectivity index (χ3v) is 4.51. The van der Waals surface area contributed by atoms with Crippen molar-refractivity contribution in [3.63, 3.8) is 0 Å². The third-order valence-electron chi connectivity index (χ3n) is 4.51. The summed E-state index contributed by atoms with van der Waals surface area (Å²) in [5.74, 6) is -0.0306. The Hall–Kier alpha value is -2.37. The molecule has 1 aliphatic rings. The predicted molar refractivity (Wildman–Crippen MR) is 104 cm³/mol. The molecule has 0 radical (unpaired) electrons. The fourth-order valence-electron chi connectivity index (χ4n) is 3.08. The van der Waals surface area contributed by atoms with Gasteiger partial charge in [-0.05, 0) is 24.1 Å². The van der Waals surface area contributed by atoms with Crippen molar-refractivity contribution in [1.82, 2.24) is 9.80 Å². The normalized spacial score (nSPS) is 15.1. The molecule has 0 aromatic heterocycles. The first kappa shape index (κ1) is 19.9. The molecule has 0 aliphatic carbocycles. The smallest absolute Gasteiger partial charge is 0.253 e. The van der Waals surface area contributed by atoms with Crippen LogP contribution in [0.4, 0.5) is 0 Å². The van der Waals surface area contributed by atoms with E-state index in [-0.39, 0.29) is 24.2 Å². The van der Waals surface area contributed by atoms with Crippen molar-refractivity contribution in [2.24, 2.45) is 5.73 Å². The number of hydrogen-bond donors (Lipinski definition) is 1. The number of carbonyl (C=O) groups is 2. The molecule has 1 atom stereocenters. The average Bonchev–Trinajstić information content (AvgIpc) is 2.68. The Morgan fingerprint density at radius 1 is 0.846 bits per heavy atom. The summed E-state index contributed by atoms with van der Waals surface area (Å²) in [6.07, 6.45) is 0.531. The van der Waals surface area contributed by atoms with E-state index in [1.54, 1.807) is 9.80 Å². The minimum Gasteiger partial charge on any atom is -0.338 e. The van der Waals surface area contributed by atoms with Crippen LogP contribution in [-0.2, 0) is 11.2 Å². The Kier molecular flexibility index (Phi) is 7.18. The summed E-state index contributed by atoms with van der Waals surface area (Å²) in [7, 11) is 0. The van der Waals surface area contributed by atoms with E-state index in [2.05, 4.69) is 0 Å². The predicted octanol–water partition coefficient (Wildman–Crippen LogP) is 1.96. The molecule has 26 heavy (non-hydrogen) atoms. The lowest BCUT2D eigenvalue weighted by Crippen LogP contribution is -2.54. The van der Waals surface area contributed by atoms with Crippen LogP contribution < -0.4 is 5.73 Å². The number of carbonyl (C=O) groups excluding carboxylic acids is 2. The molecule has 1 heterocycles. The van der Waals surface area contributed by atoms with Gasteiger partial charge in [0.25, 0.3) is 5.91 Å². The van der Waals surface area contributed by atoms with Crippen LogP contribution in [0, 0.1) is 0 Å². The van der Waals surface area contributed by atoms with Gasteiger partial charge in [-0.3, -0.25) is 9.59 Å². The SMILES string of the molecule is Cl.N[C@@H](Cc1ccccc1)C(=O)N1CCN(C(=O)c2ccccc2)CC1. The maximum absolute atomic E-state index is 12.5. The molecule has 1 aliphatic heterocycles. The largest absolute Gasteiger partial charge is 0.338 e. The van der Waals surface area contributed by atoms with Crippen molar-refractivity contribution in [3.05, 3.63) is 71.8 Å². The summed E-state index contributed by atoms with van der Waals surface area (Å²) in [4.78, 5) is 28.6. The Labute approximate surface area is 160 Å². The highest BCUT2D eigenvalue weighted by atomic mass is 35.5. The van der Waals surface area contributed by atoms with Crippen molar-refractivity contribution in [1.29, 1.82) is 0 Å². The molecule has 0 saturated carbocycles. The van der Waals surface area contributed by atoms with Crippen LogP contribution >= 0.6 is 12.4 Å². The van der Waals surface area contributed by atoms with E-state index >= 15 is 0 Å². The number of nitrogens with two attached hydrogens (primary N) is 1. The van der Waals surface area contributed by atoms with Gasteiger partial charge in [-0.15, -0.1) is 12.4 Å². The molecule has 1 saturated heterocycles. The van der Waals surface area contributed by atoms with Gasteiger partial charge in [-0.25, -0.2) is 0 Å². The second kappa shape index (κ2) is 9.36. The fourth-order valence-corrected chi connectivity index (χ4v) is 3.08. The molecule has 6 heteroatoms. The quantitative estimate of drug-likeness (QED) is 0.890. The maximum atomic E-state index is 12.5. The van der Waals surface area contributed by atoms with E-state index in [0.29, 0.717) is 38.2 Å². The second-order valence-corrected chi connectivity index (χ2v) is 6.28. The molecular weight excluding hydrogens is 350 g/mol. The molecule has 2 N–H and O–H groups in total. The van der Waals surface area contributed by atoms with Crippen molar-refractivity contribution >= 4 is 24.2 Å². The van der Waals surface area contributed by atoms with E-state index in [1.807, 2.05) is 60.7 Å². The molecule has 0 unspecified atom stereocenters. The van der Waals surface area contributed by atoms with Crippen LogP contribution in [0.25, 0.3) is 0 Å². The van der Waals surface area contributed by atoms with Gasteiger partial charge in [0.1, 0.15) is 0 Å². The number of amides is 2. The maximum Gasteiger partial charge on any atom is 0.253 e. The van der Waals surface area contributed by atoms with Crippen molar-refractivity contribution in [2.75, 3.05) is 26.2 Å². The number of rotatable bonds is 4. The zero-order chi connectivity index (χ0) is 17.6. The first-order valence-corrected chi connectivity index (χ1v) is 8.58. The van der Waals surface area contributed by atoms with Gasteiger partial charge in [0.05, 0.1) is 6.04 Å². The van der Waals surface area contributed by atoms with Crippen LogP contribution in [0.1, 0.15) is 15.9 Å². The van der Waals surface area contributed by atoms with Crippen LogP contribution in [-0.4, -0.2) is 53.8 Å².